The number of aromatic nitrogens is 7. The van der Waals surface area contributed by atoms with Crippen LogP contribution in [0.4, 0.5) is 0 Å². The normalized spacial score (nSPS) is 11.0. The van der Waals surface area contributed by atoms with Crippen LogP contribution in [0, 0.1) is 0 Å². The Bertz CT molecular complexity index is 830. The van der Waals surface area contributed by atoms with Crippen LogP contribution in [0.5, 0.6) is 5.75 Å². The van der Waals surface area contributed by atoms with Crippen LogP contribution >= 0.6 is 11.8 Å². The first kappa shape index (κ1) is 17.4. The van der Waals surface area contributed by atoms with Crippen molar-refractivity contribution in [2.45, 2.75) is 37.2 Å². The quantitative estimate of drug-likeness (QED) is 0.572. The van der Waals surface area contributed by atoms with Crippen molar-refractivity contribution in [2.24, 2.45) is 7.05 Å². The van der Waals surface area contributed by atoms with Crippen LogP contribution < -0.4 is 4.74 Å². The minimum Gasteiger partial charge on any atom is -0.496 e. The second kappa shape index (κ2) is 8.11. The highest BCUT2D eigenvalue weighted by Gasteiger charge is 2.16. The third-order valence-electron chi connectivity index (χ3n) is 3.84. The van der Waals surface area contributed by atoms with E-state index in [9.17, 15) is 0 Å². The fourth-order valence-corrected chi connectivity index (χ4v) is 3.29. The van der Waals surface area contributed by atoms with Crippen molar-refractivity contribution in [3.05, 3.63) is 30.1 Å². The third-order valence-corrected chi connectivity index (χ3v) is 4.86. The Hall–Kier alpha value is -2.42. The summed E-state index contributed by atoms with van der Waals surface area (Å²) in [6.45, 7) is 2.99. The molecule has 2 aromatic heterocycles. The summed E-state index contributed by atoms with van der Waals surface area (Å²) in [6, 6.07) is 7.78. The number of ether oxygens (including phenoxy) is 1. The average molecular weight is 359 g/mol. The van der Waals surface area contributed by atoms with Gasteiger partial charge in [0.1, 0.15) is 5.75 Å². The summed E-state index contributed by atoms with van der Waals surface area (Å²) in [5.41, 5.74) is 0.916. The molecular formula is C16H21N7OS. The molecule has 0 fully saturated rings. The molecule has 9 heteroatoms. The molecule has 8 nitrogen and oxygen atoms in total. The number of hydrogen-bond donors (Lipinski definition) is 0. The lowest BCUT2D eigenvalue weighted by atomic mass is 10.2. The molecule has 0 aliphatic heterocycles. The second-order valence-electron chi connectivity index (χ2n) is 5.53. The van der Waals surface area contributed by atoms with Crippen LogP contribution in [0.3, 0.4) is 0 Å². The molecule has 0 bridgehead atoms. The SMILES string of the molecule is CCCCn1nnnc1CSc1nnc(-c2ccccc2OC)n1C. The summed E-state index contributed by atoms with van der Waals surface area (Å²) < 4.78 is 9.23. The Labute approximate surface area is 150 Å². The van der Waals surface area contributed by atoms with Crippen molar-refractivity contribution in [3.8, 4) is 17.1 Å². The Morgan fingerprint density at radius 3 is 2.80 bits per heavy atom. The van der Waals surface area contributed by atoms with Gasteiger partial charge in [0.2, 0.25) is 0 Å². The number of hydrogen-bond acceptors (Lipinski definition) is 7. The van der Waals surface area contributed by atoms with E-state index in [0.29, 0.717) is 5.75 Å². The van der Waals surface area contributed by atoms with Gasteiger partial charge in [-0.3, -0.25) is 0 Å². The van der Waals surface area contributed by atoms with Crippen molar-refractivity contribution in [1.29, 1.82) is 0 Å². The van der Waals surface area contributed by atoms with Crippen LogP contribution in [-0.4, -0.2) is 42.1 Å². The fourth-order valence-electron chi connectivity index (χ4n) is 2.44. The molecule has 0 saturated heterocycles. The fraction of sp³-hybridized carbons (Fsp3) is 0.438. The molecule has 0 N–H and O–H groups in total. The standard InChI is InChI=1S/C16H21N7OS/c1-4-5-10-23-14(17-20-21-23)11-25-16-19-18-15(22(16)2)12-8-6-7-9-13(12)24-3/h6-9H,4-5,10-11H2,1-3H3. The molecular weight excluding hydrogens is 338 g/mol. The minimum absolute atomic E-state index is 0.647. The number of para-hydroxylation sites is 1. The van der Waals surface area contributed by atoms with Gasteiger partial charge >= 0.3 is 0 Å². The monoisotopic (exact) mass is 359 g/mol. The van der Waals surface area contributed by atoms with E-state index in [1.165, 1.54) is 0 Å². The van der Waals surface area contributed by atoms with Crippen molar-refractivity contribution >= 4 is 11.8 Å². The van der Waals surface area contributed by atoms with E-state index < -0.39 is 0 Å². The summed E-state index contributed by atoms with van der Waals surface area (Å²) in [4.78, 5) is 0. The first-order valence-corrected chi connectivity index (χ1v) is 9.13. The predicted molar refractivity (Wildman–Crippen MR) is 95.3 cm³/mol. The Morgan fingerprint density at radius 1 is 1.16 bits per heavy atom. The number of tetrazole rings is 1. The number of unbranched alkanes of at least 4 members (excludes halogenated alkanes) is 1. The van der Waals surface area contributed by atoms with E-state index in [1.807, 2.05) is 40.6 Å². The van der Waals surface area contributed by atoms with E-state index in [-0.39, 0.29) is 0 Å². The van der Waals surface area contributed by atoms with E-state index >= 15 is 0 Å². The zero-order valence-corrected chi connectivity index (χ0v) is 15.4. The molecule has 0 amide bonds. The number of rotatable bonds is 8. The summed E-state index contributed by atoms with van der Waals surface area (Å²) in [5.74, 6) is 3.04. The van der Waals surface area contributed by atoms with Gasteiger partial charge in [-0.05, 0) is 29.0 Å². The topological polar surface area (TPSA) is 83.5 Å². The van der Waals surface area contributed by atoms with Crippen molar-refractivity contribution in [2.75, 3.05) is 7.11 Å². The Kier molecular flexibility index (Phi) is 5.64. The molecule has 0 aliphatic carbocycles. The highest BCUT2D eigenvalue weighted by atomic mass is 32.2. The molecule has 2 heterocycles. The molecule has 25 heavy (non-hydrogen) atoms. The van der Waals surface area contributed by atoms with Gasteiger partial charge in [-0.1, -0.05) is 37.2 Å². The van der Waals surface area contributed by atoms with Gasteiger partial charge in [-0.25, -0.2) is 4.68 Å². The van der Waals surface area contributed by atoms with Crippen LogP contribution in [0.15, 0.2) is 29.4 Å². The zero-order valence-electron chi connectivity index (χ0n) is 14.6. The van der Waals surface area contributed by atoms with Gasteiger partial charge in [-0.2, -0.15) is 0 Å². The first-order valence-electron chi connectivity index (χ1n) is 8.15. The van der Waals surface area contributed by atoms with E-state index in [0.717, 1.165) is 47.5 Å². The minimum atomic E-state index is 0.647. The number of methoxy groups -OCH3 is 1. The van der Waals surface area contributed by atoms with Crippen molar-refractivity contribution < 1.29 is 4.74 Å². The number of thioether (sulfide) groups is 1. The maximum atomic E-state index is 5.42. The van der Waals surface area contributed by atoms with Gasteiger partial charge < -0.3 is 9.30 Å². The molecule has 3 rings (SSSR count). The number of nitrogens with zero attached hydrogens (tertiary/aromatic N) is 7. The zero-order chi connectivity index (χ0) is 17.6. The molecule has 0 saturated carbocycles. The van der Waals surface area contributed by atoms with Crippen LogP contribution in [-0.2, 0) is 19.3 Å². The molecule has 3 aromatic rings. The summed E-state index contributed by atoms with van der Waals surface area (Å²) in [6.07, 6.45) is 2.17. The highest BCUT2D eigenvalue weighted by molar-refractivity contribution is 7.98. The number of benzene rings is 1. The molecule has 132 valence electrons. The molecule has 0 aliphatic rings. The predicted octanol–water partition coefficient (Wildman–Crippen LogP) is 2.57. The largest absolute Gasteiger partial charge is 0.496 e. The van der Waals surface area contributed by atoms with Gasteiger partial charge in [0.05, 0.1) is 18.4 Å². The second-order valence-corrected chi connectivity index (χ2v) is 6.47. The van der Waals surface area contributed by atoms with E-state index in [1.54, 1.807) is 18.9 Å². The lowest BCUT2D eigenvalue weighted by Gasteiger charge is -2.08. The Balaban J connectivity index is 1.75. The maximum Gasteiger partial charge on any atom is 0.191 e. The molecule has 0 unspecified atom stereocenters. The average Bonchev–Trinajstić information content (AvgIpc) is 3.24. The van der Waals surface area contributed by atoms with Gasteiger partial charge in [0, 0.05) is 13.6 Å². The van der Waals surface area contributed by atoms with Crippen molar-refractivity contribution in [1.82, 2.24) is 35.0 Å². The van der Waals surface area contributed by atoms with E-state index in [4.69, 9.17) is 4.74 Å². The van der Waals surface area contributed by atoms with Gasteiger partial charge in [0.25, 0.3) is 0 Å². The highest BCUT2D eigenvalue weighted by Crippen LogP contribution is 2.30. The van der Waals surface area contributed by atoms with Gasteiger partial charge in [-0.15, -0.1) is 15.3 Å². The third kappa shape index (κ3) is 3.81. The molecule has 0 atom stereocenters. The van der Waals surface area contributed by atoms with Crippen LogP contribution in [0.2, 0.25) is 0 Å². The van der Waals surface area contributed by atoms with Crippen LogP contribution in [0.1, 0.15) is 25.6 Å². The van der Waals surface area contributed by atoms with Gasteiger partial charge in [0.15, 0.2) is 16.8 Å². The molecule has 0 radical (unpaired) electrons. The molecule has 0 spiro atoms. The lowest BCUT2D eigenvalue weighted by molar-refractivity contribution is 0.416. The summed E-state index contributed by atoms with van der Waals surface area (Å²) in [5, 5.41) is 21.4. The Morgan fingerprint density at radius 2 is 2.00 bits per heavy atom. The molecule has 1 aromatic carbocycles. The summed E-state index contributed by atoms with van der Waals surface area (Å²) in [7, 11) is 3.60. The lowest BCUT2D eigenvalue weighted by Crippen LogP contribution is -2.05. The van der Waals surface area contributed by atoms with E-state index in [2.05, 4.69) is 32.6 Å². The van der Waals surface area contributed by atoms with Crippen molar-refractivity contribution in [3.63, 3.8) is 0 Å². The number of aryl methyl sites for hydroxylation is 1. The first-order chi connectivity index (χ1) is 12.2. The maximum absolute atomic E-state index is 5.42. The summed E-state index contributed by atoms with van der Waals surface area (Å²) >= 11 is 1.57. The van der Waals surface area contributed by atoms with Crippen LogP contribution in [0.25, 0.3) is 11.4 Å². The smallest absolute Gasteiger partial charge is 0.191 e.